The Hall–Kier alpha value is -2.51. The number of ether oxygens (including phenoxy) is 1. The van der Waals surface area contributed by atoms with Crippen LogP contribution in [0.1, 0.15) is 15.9 Å². The minimum atomic E-state index is -0.142. The van der Waals surface area contributed by atoms with Crippen molar-refractivity contribution in [3.8, 4) is 0 Å². The average Bonchev–Trinajstić information content (AvgIpc) is 2.68. The Labute approximate surface area is 147 Å². The highest BCUT2D eigenvalue weighted by atomic mass is 16.5. The number of morpholine rings is 1. The third kappa shape index (κ3) is 5.51. The van der Waals surface area contributed by atoms with Gasteiger partial charge in [0.1, 0.15) is 5.82 Å². The molecule has 7 nitrogen and oxygen atoms in total. The van der Waals surface area contributed by atoms with E-state index in [0.29, 0.717) is 12.1 Å². The van der Waals surface area contributed by atoms with Crippen LogP contribution in [-0.4, -0.2) is 60.2 Å². The Morgan fingerprint density at radius 1 is 1.20 bits per heavy atom. The van der Waals surface area contributed by atoms with Crippen LogP contribution in [0.4, 0.5) is 5.82 Å². The van der Waals surface area contributed by atoms with Gasteiger partial charge in [-0.25, -0.2) is 4.98 Å². The largest absolute Gasteiger partial charge is 0.379 e. The summed E-state index contributed by atoms with van der Waals surface area (Å²) in [5.74, 6) is 0.633. The fraction of sp³-hybridized carbons (Fsp3) is 0.389. The molecule has 2 N–H and O–H groups in total. The molecule has 1 aliphatic rings. The first-order valence-corrected chi connectivity index (χ1v) is 8.48. The van der Waals surface area contributed by atoms with E-state index in [1.807, 2.05) is 18.2 Å². The molecule has 0 unspecified atom stereocenters. The first-order chi connectivity index (χ1) is 12.3. The number of nitrogens with zero attached hydrogens (tertiary/aromatic N) is 3. The first kappa shape index (κ1) is 17.3. The van der Waals surface area contributed by atoms with Crippen molar-refractivity contribution in [2.45, 2.75) is 6.54 Å². The maximum Gasteiger partial charge on any atom is 0.253 e. The number of carbonyl (C=O) groups is 1. The summed E-state index contributed by atoms with van der Waals surface area (Å²) in [5.41, 5.74) is 1.51. The zero-order chi connectivity index (χ0) is 17.3. The third-order valence-corrected chi connectivity index (χ3v) is 4.04. The zero-order valence-electron chi connectivity index (χ0n) is 14.1. The van der Waals surface area contributed by atoms with Gasteiger partial charge in [-0.3, -0.25) is 14.7 Å². The lowest BCUT2D eigenvalue weighted by molar-refractivity contribution is 0.0398. The molecule has 0 atom stereocenters. The lowest BCUT2D eigenvalue weighted by Gasteiger charge is -2.26. The number of nitrogens with one attached hydrogen (secondary N) is 2. The van der Waals surface area contributed by atoms with Gasteiger partial charge in [-0.1, -0.05) is 6.07 Å². The number of hydrogen-bond donors (Lipinski definition) is 2. The molecule has 25 heavy (non-hydrogen) atoms. The monoisotopic (exact) mass is 341 g/mol. The summed E-state index contributed by atoms with van der Waals surface area (Å²) in [4.78, 5) is 22.8. The normalized spacial score (nSPS) is 14.9. The van der Waals surface area contributed by atoms with Crippen molar-refractivity contribution in [1.29, 1.82) is 0 Å². The Morgan fingerprint density at radius 3 is 2.80 bits per heavy atom. The fourth-order valence-corrected chi connectivity index (χ4v) is 2.59. The summed E-state index contributed by atoms with van der Waals surface area (Å²) in [6.07, 6.45) is 5.04. The standard InChI is InChI=1S/C18H23N5O2/c24-18(22-13-15-2-1-5-19-12-15)16-3-4-17(21-14-16)20-6-7-23-8-10-25-11-9-23/h1-5,12,14H,6-11,13H2,(H,20,21)(H,22,24). The molecule has 0 saturated carbocycles. The van der Waals surface area contributed by atoms with Crippen molar-refractivity contribution < 1.29 is 9.53 Å². The van der Waals surface area contributed by atoms with Crippen LogP contribution in [0.15, 0.2) is 42.9 Å². The molecule has 0 bridgehead atoms. The summed E-state index contributed by atoms with van der Waals surface area (Å²) in [7, 11) is 0. The number of pyridine rings is 2. The van der Waals surface area contributed by atoms with E-state index < -0.39 is 0 Å². The zero-order valence-corrected chi connectivity index (χ0v) is 14.1. The van der Waals surface area contributed by atoms with E-state index >= 15 is 0 Å². The van der Waals surface area contributed by atoms with Crippen LogP contribution in [-0.2, 0) is 11.3 Å². The molecule has 1 aliphatic heterocycles. The average molecular weight is 341 g/mol. The Kier molecular flexibility index (Phi) is 6.30. The number of rotatable bonds is 7. The molecule has 2 aromatic heterocycles. The molecule has 0 spiro atoms. The lowest BCUT2D eigenvalue weighted by atomic mass is 10.2. The van der Waals surface area contributed by atoms with E-state index in [2.05, 4.69) is 25.5 Å². The number of amides is 1. The van der Waals surface area contributed by atoms with Crippen LogP contribution in [0.2, 0.25) is 0 Å². The van der Waals surface area contributed by atoms with Gasteiger partial charge in [0.25, 0.3) is 5.91 Å². The van der Waals surface area contributed by atoms with E-state index in [1.165, 1.54) is 0 Å². The Balaban J connectivity index is 1.42. The molecular weight excluding hydrogens is 318 g/mol. The number of anilines is 1. The second-order valence-corrected chi connectivity index (χ2v) is 5.86. The van der Waals surface area contributed by atoms with Crippen LogP contribution >= 0.6 is 0 Å². The molecule has 0 aromatic carbocycles. The quantitative estimate of drug-likeness (QED) is 0.786. The van der Waals surface area contributed by atoms with Gasteiger partial charge in [0.05, 0.1) is 18.8 Å². The summed E-state index contributed by atoms with van der Waals surface area (Å²) < 4.78 is 5.33. The van der Waals surface area contributed by atoms with Crippen molar-refractivity contribution in [2.24, 2.45) is 0 Å². The van der Waals surface area contributed by atoms with E-state index in [0.717, 1.165) is 50.8 Å². The highest BCUT2D eigenvalue weighted by Crippen LogP contribution is 2.06. The SMILES string of the molecule is O=C(NCc1cccnc1)c1ccc(NCCN2CCOCC2)nc1. The second-order valence-electron chi connectivity index (χ2n) is 5.86. The predicted molar refractivity (Wildman–Crippen MR) is 95.4 cm³/mol. The van der Waals surface area contributed by atoms with E-state index in [-0.39, 0.29) is 5.91 Å². The van der Waals surface area contributed by atoms with Gasteiger partial charge in [-0.2, -0.15) is 0 Å². The maximum absolute atomic E-state index is 12.1. The van der Waals surface area contributed by atoms with Crippen LogP contribution in [0.25, 0.3) is 0 Å². The van der Waals surface area contributed by atoms with Gasteiger partial charge in [-0.05, 0) is 23.8 Å². The molecule has 1 saturated heterocycles. The summed E-state index contributed by atoms with van der Waals surface area (Å²) in [5, 5.41) is 6.15. The van der Waals surface area contributed by atoms with Gasteiger partial charge in [0.15, 0.2) is 0 Å². The smallest absolute Gasteiger partial charge is 0.253 e. The number of hydrogen-bond acceptors (Lipinski definition) is 6. The highest BCUT2D eigenvalue weighted by Gasteiger charge is 2.10. The molecule has 3 heterocycles. The molecule has 0 radical (unpaired) electrons. The maximum atomic E-state index is 12.1. The molecule has 0 aliphatic carbocycles. The van der Waals surface area contributed by atoms with Gasteiger partial charge < -0.3 is 15.4 Å². The van der Waals surface area contributed by atoms with Crippen LogP contribution in [0.3, 0.4) is 0 Å². The van der Waals surface area contributed by atoms with Crippen molar-refractivity contribution in [3.63, 3.8) is 0 Å². The van der Waals surface area contributed by atoms with Crippen molar-refractivity contribution in [2.75, 3.05) is 44.7 Å². The minimum absolute atomic E-state index is 0.142. The second kappa shape index (κ2) is 9.10. The van der Waals surface area contributed by atoms with Crippen molar-refractivity contribution in [1.82, 2.24) is 20.2 Å². The minimum Gasteiger partial charge on any atom is -0.379 e. The summed E-state index contributed by atoms with van der Waals surface area (Å²) in [6, 6.07) is 7.38. The van der Waals surface area contributed by atoms with E-state index in [9.17, 15) is 4.79 Å². The lowest BCUT2D eigenvalue weighted by Crippen LogP contribution is -2.39. The van der Waals surface area contributed by atoms with Crippen LogP contribution in [0, 0.1) is 0 Å². The Bertz CT molecular complexity index is 657. The van der Waals surface area contributed by atoms with E-state index in [1.54, 1.807) is 24.7 Å². The van der Waals surface area contributed by atoms with Crippen molar-refractivity contribution >= 4 is 11.7 Å². The molecular formula is C18H23N5O2. The predicted octanol–water partition coefficient (Wildman–Crippen LogP) is 1.15. The van der Waals surface area contributed by atoms with E-state index in [4.69, 9.17) is 4.74 Å². The summed E-state index contributed by atoms with van der Waals surface area (Å²) in [6.45, 7) is 5.79. The number of aromatic nitrogens is 2. The third-order valence-electron chi connectivity index (χ3n) is 4.04. The molecule has 1 fully saturated rings. The number of carbonyl (C=O) groups excluding carboxylic acids is 1. The van der Waals surface area contributed by atoms with Gasteiger partial charge in [0.2, 0.25) is 0 Å². The molecule has 3 rings (SSSR count). The first-order valence-electron chi connectivity index (χ1n) is 8.48. The molecule has 2 aromatic rings. The van der Waals surface area contributed by atoms with Crippen LogP contribution in [0.5, 0.6) is 0 Å². The fourth-order valence-electron chi connectivity index (χ4n) is 2.59. The van der Waals surface area contributed by atoms with Crippen molar-refractivity contribution in [3.05, 3.63) is 54.0 Å². The summed E-state index contributed by atoms with van der Waals surface area (Å²) >= 11 is 0. The molecule has 7 heteroatoms. The highest BCUT2D eigenvalue weighted by molar-refractivity contribution is 5.93. The van der Waals surface area contributed by atoms with Gasteiger partial charge in [0, 0.05) is 51.3 Å². The molecule has 1 amide bonds. The Morgan fingerprint density at radius 2 is 2.08 bits per heavy atom. The topological polar surface area (TPSA) is 79.4 Å². The van der Waals surface area contributed by atoms with Gasteiger partial charge in [-0.15, -0.1) is 0 Å². The van der Waals surface area contributed by atoms with Gasteiger partial charge >= 0.3 is 0 Å². The van der Waals surface area contributed by atoms with Crippen LogP contribution < -0.4 is 10.6 Å². The molecule has 132 valence electrons.